The molecule has 7 heteroatoms. The van der Waals surface area contributed by atoms with Gasteiger partial charge in [-0.25, -0.2) is 0 Å². The Bertz CT molecular complexity index is 1120. The molecule has 1 amide bonds. The molecule has 2 aromatic carbocycles. The first-order chi connectivity index (χ1) is 13.0. The Kier molecular flexibility index (Phi) is 4.37. The number of fused-ring (bicyclic) bond motifs is 2. The van der Waals surface area contributed by atoms with E-state index in [2.05, 4.69) is 4.98 Å². The minimum atomic E-state index is -0.648. The monoisotopic (exact) mass is 384 g/mol. The molecule has 0 atom stereocenters. The molecule has 2 heterocycles. The topological polar surface area (TPSA) is 82.6 Å². The van der Waals surface area contributed by atoms with E-state index in [1.165, 1.54) is 12.0 Å². The zero-order valence-corrected chi connectivity index (χ0v) is 15.3. The molecule has 0 bridgehead atoms. The molecule has 1 aliphatic heterocycles. The number of halogens is 1. The number of benzene rings is 2. The number of carbonyl (C=O) groups excluding carboxylic acids is 1. The second kappa shape index (κ2) is 6.72. The van der Waals surface area contributed by atoms with E-state index >= 15 is 0 Å². The molecule has 0 spiro atoms. The number of rotatable bonds is 3. The zero-order valence-electron chi connectivity index (χ0n) is 14.6. The van der Waals surface area contributed by atoms with Gasteiger partial charge in [-0.1, -0.05) is 29.8 Å². The van der Waals surface area contributed by atoms with Crippen LogP contribution in [-0.2, 0) is 17.8 Å². The third kappa shape index (κ3) is 2.87. The Labute approximate surface area is 160 Å². The molecular formula is C20H17ClN2O4. The fourth-order valence-electron chi connectivity index (χ4n) is 3.49. The average Bonchev–Trinajstić information content (AvgIpc) is 3.07. The number of nitrogens with zero attached hydrogens (tertiary/aromatic N) is 1. The first-order valence-corrected chi connectivity index (χ1v) is 8.85. The van der Waals surface area contributed by atoms with Gasteiger partial charge in [0.1, 0.15) is 11.3 Å². The highest BCUT2D eigenvalue weighted by Crippen LogP contribution is 2.33. The molecule has 0 fully saturated rings. The zero-order chi connectivity index (χ0) is 19.1. The van der Waals surface area contributed by atoms with Crippen LogP contribution >= 0.6 is 11.6 Å². The van der Waals surface area contributed by atoms with Crippen LogP contribution in [0.25, 0.3) is 10.9 Å². The Balaban J connectivity index is 1.86. The molecule has 2 N–H and O–H groups in total. The van der Waals surface area contributed by atoms with E-state index in [-0.39, 0.29) is 17.9 Å². The van der Waals surface area contributed by atoms with Crippen molar-refractivity contribution < 1.29 is 14.6 Å². The van der Waals surface area contributed by atoms with Gasteiger partial charge >= 0.3 is 0 Å². The Morgan fingerprint density at radius 3 is 2.89 bits per heavy atom. The summed E-state index contributed by atoms with van der Waals surface area (Å²) in [5, 5.41) is 11.5. The van der Waals surface area contributed by atoms with Crippen LogP contribution < -0.4 is 10.5 Å². The summed E-state index contributed by atoms with van der Waals surface area (Å²) >= 11 is 6.19. The standard InChI is InChI=1S/C20H17ClN2O4/c1-27-10-12-8-13-15(9-14(12)21)22-19(25)17(18(13)24)20(26)23-7-6-11-4-2-3-5-16(11)23/h2-5,8-9H,6-7,10H2,1H3,(H2,22,24,25). The van der Waals surface area contributed by atoms with E-state index in [1.54, 1.807) is 12.1 Å². The summed E-state index contributed by atoms with van der Waals surface area (Å²) in [5.41, 5.74) is 1.89. The van der Waals surface area contributed by atoms with Gasteiger partial charge in [0, 0.05) is 29.8 Å². The molecule has 3 aromatic rings. The molecule has 1 aliphatic rings. The number of aromatic hydroxyl groups is 1. The fraction of sp³-hybridized carbons (Fsp3) is 0.200. The van der Waals surface area contributed by atoms with Crippen LogP contribution in [0.1, 0.15) is 21.5 Å². The van der Waals surface area contributed by atoms with Crippen LogP contribution in [0.2, 0.25) is 5.02 Å². The summed E-state index contributed by atoms with van der Waals surface area (Å²) < 4.78 is 5.11. The molecule has 4 rings (SSSR count). The highest BCUT2D eigenvalue weighted by Gasteiger charge is 2.30. The van der Waals surface area contributed by atoms with Crippen molar-refractivity contribution in [3.63, 3.8) is 0 Å². The first-order valence-electron chi connectivity index (χ1n) is 8.47. The van der Waals surface area contributed by atoms with Crippen molar-refractivity contribution in [2.24, 2.45) is 0 Å². The summed E-state index contributed by atoms with van der Waals surface area (Å²) in [4.78, 5) is 29.8. The number of nitrogens with one attached hydrogen (secondary N) is 1. The van der Waals surface area contributed by atoms with Crippen molar-refractivity contribution in [2.75, 3.05) is 18.6 Å². The minimum absolute atomic E-state index is 0.246. The van der Waals surface area contributed by atoms with E-state index in [1.807, 2.05) is 24.3 Å². The van der Waals surface area contributed by atoms with Crippen LogP contribution in [-0.4, -0.2) is 29.7 Å². The Morgan fingerprint density at radius 2 is 2.11 bits per heavy atom. The smallest absolute Gasteiger partial charge is 0.267 e. The molecule has 138 valence electrons. The lowest BCUT2D eigenvalue weighted by atomic mass is 10.1. The maximum Gasteiger partial charge on any atom is 0.267 e. The molecular weight excluding hydrogens is 368 g/mol. The largest absolute Gasteiger partial charge is 0.506 e. The van der Waals surface area contributed by atoms with Crippen LogP contribution in [0, 0.1) is 0 Å². The number of H-pyrrole nitrogens is 1. The van der Waals surface area contributed by atoms with Gasteiger partial charge in [0.15, 0.2) is 0 Å². The number of aromatic amines is 1. The maximum atomic E-state index is 13.1. The van der Waals surface area contributed by atoms with Crippen LogP contribution in [0.4, 0.5) is 5.69 Å². The highest BCUT2D eigenvalue weighted by molar-refractivity contribution is 6.32. The van der Waals surface area contributed by atoms with Gasteiger partial charge in [-0.15, -0.1) is 0 Å². The number of pyridine rings is 1. The van der Waals surface area contributed by atoms with Gasteiger partial charge in [-0.2, -0.15) is 0 Å². The SMILES string of the molecule is COCc1cc2c(O)c(C(=O)N3CCc4ccccc43)c(=O)[nH]c2cc1Cl. The quantitative estimate of drug-likeness (QED) is 0.726. The maximum absolute atomic E-state index is 13.1. The van der Waals surface area contributed by atoms with E-state index in [4.69, 9.17) is 16.3 Å². The number of methoxy groups -OCH3 is 1. The molecule has 6 nitrogen and oxygen atoms in total. The van der Waals surface area contributed by atoms with Crippen molar-refractivity contribution in [1.29, 1.82) is 0 Å². The van der Waals surface area contributed by atoms with Crippen LogP contribution in [0.3, 0.4) is 0 Å². The minimum Gasteiger partial charge on any atom is -0.506 e. The third-order valence-corrected chi connectivity index (χ3v) is 5.15. The normalized spacial score (nSPS) is 13.2. The molecule has 1 aromatic heterocycles. The molecule has 27 heavy (non-hydrogen) atoms. The lowest BCUT2D eigenvalue weighted by molar-refractivity contribution is 0.0985. The Morgan fingerprint density at radius 1 is 1.33 bits per heavy atom. The van der Waals surface area contributed by atoms with Gasteiger partial charge in [0.05, 0.1) is 12.1 Å². The van der Waals surface area contributed by atoms with Crippen LogP contribution in [0.5, 0.6) is 5.75 Å². The summed E-state index contributed by atoms with van der Waals surface area (Å²) in [5.74, 6) is -0.874. The number of para-hydroxylation sites is 1. The van der Waals surface area contributed by atoms with Gasteiger partial charge in [-0.3, -0.25) is 9.59 Å². The molecule has 0 unspecified atom stereocenters. The third-order valence-electron chi connectivity index (χ3n) is 4.80. The van der Waals surface area contributed by atoms with Crippen molar-refractivity contribution in [3.8, 4) is 5.75 Å². The number of hydrogen-bond donors (Lipinski definition) is 2. The summed E-state index contributed by atoms with van der Waals surface area (Å²) in [6.07, 6.45) is 0.710. The summed E-state index contributed by atoms with van der Waals surface area (Å²) in [6.45, 7) is 0.709. The fourth-order valence-corrected chi connectivity index (χ4v) is 3.71. The lowest BCUT2D eigenvalue weighted by Gasteiger charge is -2.18. The number of hydrogen-bond acceptors (Lipinski definition) is 4. The van der Waals surface area contributed by atoms with Gasteiger partial charge < -0.3 is 19.7 Å². The number of anilines is 1. The van der Waals surface area contributed by atoms with E-state index < -0.39 is 11.5 Å². The highest BCUT2D eigenvalue weighted by atomic mass is 35.5. The second-order valence-corrected chi connectivity index (χ2v) is 6.84. The molecule has 0 radical (unpaired) electrons. The van der Waals surface area contributed by atoms with Crippen molar-refractivity contribution in [2.45, 2.75) is 13.0 Å². The van der Waals surface area contributed by atoms with E-state index in [0.29, 0.717) is 34.5 Å². The van der Waals surface area contributed by atoms with Gasteiger partial charge in [0.25, 0.3) is 11.5 Å². The summed E-state index contributed by atoms with van der Waals surface area (Å²) in [7, 11) is 1.53. The second-order valence-electron chi connectivity index (χ2n) is 6.44. The Hall–Kier alpha value is -2.83. The van der Waals surface area contributed by atoms with Crippen LogP contribution in [0.15, 0.2) is 41.2 Å². The molecule has 0 saturated carbocycles. The number of amides is 1. The van der Waals surface area contributed by atoms with Gasteiger partial charge in [0.2, 0.25) is 0 Å². The number of aromatic nitrogens is 1. The summed E-state index contributed by atoms with van der Waals surface area (Å²) in [6, 6.07) is 10.7. The average molecular weight is 385 g/mol. The predicted octanol–water partition coefficient (Wildman–Crippen LogP) is 3.24. The predicted molar refractivity (Wildman–Crippen MR) is 104 cm³/mol. The molecule has 0 aliphatic carbocycles. The lowest BCUT2D eigenvalue weighted by Crippen LogP contribution is -2.33. The van der Waals surface area contributed by atoms with Crippen molar-refractivity contribution in [1.82, 2.24) is 4.98 Å². The van der Waals surface area contributed by atoms with E-state index in [0.717, 1.165) is 11.3 Å². The number of carbonyl (C=O) groups is 1. The van der Waals surface area contributed by atoms with Gasteiger partial charge in [-0.05, 0) is 35.7 Å². The van der Waals surface area contributed by atoms with Crippen molar-refractivity contribution in [3.05, 3.63) is 68.5 Å². The van der Waals surface area contributed by atoms with Crippen molar-refractivity contribution >= 4 is 34.1 Å². The number of ether oxygens (including phenoxy) is 1. The first kappa shape index (κ1) is 17.6. The molecule has 0 saturated heterocycles. The van der Waals surface area contributed by atoms with E-state index in [9.17, 15) is 14.7 Å².